The largest absolute Gasteiger partial charge is 0.353 e. The SMILES string of the molecule is CC1CCCN1C(O)(O)C1CC1. The van der Waals surface area contributed by atoms with Crippen molar-refractivity contribution < 1.29 is 10.2 Å². The molecule has 0 spiro atoms. The molecule has 0 bridgehead atoms. The van der Waals surface area contributed by atoms with Gasteiger partial charge in [-0.15, -0.1) is 0 Å². The highest BCUT2D eigenvalue weighted by Crippen LogP contribution is 2.42. The van der Waals surface area contributed by atoms with Gasteiger partial charge in [-0.25, -0.2) is 4.90 Å². The number of aliphatic hydroxyl groups is 2. The van der Waals surface area contributed by atoms with Crippen LogP contribution in [0.3, 0.4) is 0 Å². The molecule has 0 aromatic carbocycles. The van der Waals surface area contributed by atoms with E-state index in [4.69, 9.17) is 0 Å². The first-order valence-corrected chi connectivity index (χ1v) is 4.84. The van der Waals surface area contributed by atoms with Crippen LogP contribution in [0, 0.1) is 5.92 Å². The molecule has 0 aromatic rings. The normalized spacial score (nSPS) is 32.8. The van der Waals surface area contributed by atoms with Crippen LogP contribution < -0.4 is 0 Å². The van der Waals surface area contributed by atoms with E-state index in [0.29, 0.717) is 6.04 Å². The Morgan fingerprint density at radius 1 is 1.25 bits per heavy atom. The van der Waals surface area contributed by atoms with Crippen LogP contribution >= 0.6 is 0 Å². The third-order valence-corrected chi connectivity index (χ3v) is 3.10. The van der Waals surface area contributed by atoms with Gasteiger partial charge in [0.15, 0.2) is 0 Å². The first-order chi connectivity index (χ1) is 5.62. The van der Waals surface area contributed by atoms with Crippen molar-refractivity contribution >= 4 is 0 Å². The zero-order valence-electron chi connectivity index (χ0n) is 7.53. The van der Waals surface area contributed by atoms with Crippen LogP contribution in [-0.2, 0) is 0 Å². The van der Waals surface area contributed by atoms with Gasteiger partial charge in [0.1, 0.15) is 0 Å². The molecule has 3 nitrogen and oxygen atoms in total. The van der Waals surface area contributed by atoms with E-state index < -0.39 is 5.91 Å². The summed E-state index contributed by atoms with van der Waals surface area (Å²) in [6.07, 6.45) is 4.12. The van der Waals surface area contributed by atoms with Gasteiger partial charge in [0, 0.05) is 18.5 Å². The van der Waals surface area contributed by atoms with Gasteiger partial charge in [-0.05, 0) is 32.6 Å². The van der Waals surface area contributed by atoms with Crippen molar-refractivity contribution in [3.05, 3.63) is 0 Å². The lowest BCUT2D eigenvalue weighted by Gasteiger charge is -2.35. The maximum atomic E-state index is 9.81. The number of hydrogen-bond acceptors (Lipinski definition) is 3. The van der Waals surface area contributed by atoms with Crippen LogP contribution in [0.2, 0.25) is 0 Å². The predicted molar refractivity (Wildman–Crippen MR) is 45.3 cm³/mol. The van der Waals surface area contributed by atoms with E-state index in [1.165, 1.54) is 0 Å². The Labute approximate surface area is 73.0 Å². The van der Waals surface area contributed by atoms with Gasteiger partial charge in [-0.1, -0.05) is 0 Å². The van der Waals surface area contributed by atoms with E-state index in [1.54, 1.807) is 0 Å². The molecule has 0 amide bonds. The molecule has 0 aromatic heterocycles. The van der Waals surface area contributed by atoms with Gasteiger partial charge < -0.3 is 10.2 Å². The minimum Gasteiger partial charge on any atom is -0.353 e. The summed E-state index contributed by atoms with van der Waals surface area (Å²) in [4.78, 5) is 1.84. The van der Waals surface area contributed by atoms with E-state index in [1.807, 2.05) is 4.90 Å². The fourth-order valence-corrected chi connectivity index (χ4v) is 2.13. The fourth-order valence-electron chi connectivity index (χ4n) is 2.13. The van der Waals surface area contributed by atoms with Gasteiger partial charge >= 0.3 is 0 Å². The first kappa shape index (κ1) is 8.48. The third kappa shape index (κ3) is 1.26. The molecule has 12 heavy (non-hydrogen) atoms. The zero-order valence-corrected chi connectivity index (χ0v) is 7.53. The topological polar surface area (TPSA) is 43.7 Å². The van der Waals surface area contributed by atoms with Gasteiger partial charge in [0.05, 0.1) is 0 Å². The molecule has 2 aliphatic rings. The first-order valence-electron chi connectivity index (χ1n) is 4.84. The lowest BCUT2D eigenvalue weighted by molar-refractivity contribution is -0.280. The molecule has 1 unspecified atom stereocenters. The molecule has 3 heteroatoms. The summed E-state index contributed by atoms with van der Waals surface area (Å²) in [5, 5.41) is 19.6. The van der Waals surface area contributed by atoms with Gasteiger partial charge in [-0.2, -0.15) is 0 Å². The van der Waals surface area contributed by atoms with Crippen LogP contribution in [0.25, 0.3) is 0 Å². The van der Waals surface area contributed by atoms with Gasteiger partial charge in [-0.3, -0.25) is 0 Å². The molecule has 2 N–H and O–H groups in total. The third-order valence-electron chi connectivity index (χ3n) is 3.10. The Balaban J connectivity index is 2.05. The second-order valence-electron chi connectivity index (χ2n) is 4.15. The second-order valence-corrected chi connectivity index (χ2v) is 4.15. The van der Waals surface area contributed by atoms with Crippen LogP contribution in [0.5, 0.6) is 0 Å². The minimum absolute atomic E-state index is 0.109. The van der Waals surface area contributed by atoms with E-state index in [0.717, 1.165) is 32.2 Å². The molecule has 2 rings (SSSR count). The fraction of sp³-hybridized carbons (Fsp3) is 1.00. The molecular weight excluding hydrogens is 154 g/mol. The van der Waals surface area contributed by atoms with E-state index in [2.05, 4.69) is 6.92 Å². The van der Waals surface area contributed by atoms with Crippen LogP contribution in [0.1, 0.15) is 32.6 Å². The highest BCUT2D eigenvalue weighted by Gasteiger charge is 2.49. The molecule has 1 aliphatic heterocycles. The molecule has 1 saturated carbocycles. The predicted octanol–water partition coefficient (Wildman–Crippen LogP) is 0.519. The maximum Gasteiger partial charge on any atom is 0.228 e. The molecule has 0 radical (unpaired) electrons. The summed E-state index contributed by atoms with van der Waals surface area (Å²) in [6, 6.07) is 0.334. The average Bonchev–Trinajstić information content (AvgIpc) is 2.75. The van der Waals surface area contributed by atoms with Crippen molar-refractivity contribution in [2.75, 3.05) is 6.54 Å². The summed E-state index contributed by atoms with van der Waals surface area (Å²) >= 11 is 0. The molecule has 70 valence electrons. The number of rotatable bonds is 2. The highest BCUT2D eigenvalue weighted by molar-refractivity contribution is 4.91. The van der Waals surface area contributed by atoms with Gasteiger partial charge in [0.25, 0.3) is 0 Å². The molecule has 1 heterocycles. The Bertz CT molecular complexity index is 177. The van der Waals surface area contributed by atoms with Crippen molar-refractivity contribution in [2.24, 2.45) is 5.92 Å². The zero-order chi connectivity index (χ0) is 8.77. The Morgan fingerprint density at radius 2 is 1.92 bits per heavy atom. The second kappa shape index (κ2) is 2.69. The average molecular weight is 171 g/mol. The molecular formula is C9H17NO2. The van der Waals surface area contributed by atoms with Crippen molar-refractivity contribution in [1.82, 2.24) is 4.90 Å². The Hall–Kier alpha value is -0.120. The van der Waals surface area contributed by atoms with Crippen LogP contribution in [0.4, 0.5) is 0 Å². The molecule has 2 fully saturated rings. The molecule has 1 atom stereocenters. The Morgan fingerprint density at radius 3 is 2.33 bits per heavy atom. The van der Waals surface area contributed by atoms with Crippen LogP contribution in [0.15, 0.2) is 0 Å². The number of likely N-dealkylation sites (tertiary alicyclic amines) is 1. The van der Waals surface area contributed by atoms with Crippen molar-refractivity contribution in [2.45, 2.75) is 44.6 Å². The summed E-state index contributed by atoms with van der Waals surface area (Å²) < 4.78 is 0. The van der Waals surface area contributed by atoms with E-state index in [9.17, 15) is 10.2 Å². The van der Waals surface area contributed by atoms with Crippen molar-refractivity contribution in [3.8, 4) is 0 Å². The lowest BCUT2D eigenvalue weighted by Crippen LogP contribution is -2.52. The van der Waals surface area contributed by atoms with Crippen molar-refractivity contribution in [3.63, 3.8) is 0 Å². The molecule has 1 saturated heterocycles. The maximum absolute atomic E-state index is 9.81. The molecule has 1 aliphatic carbocycles. The lowest BCUT2D eigenvalue weighted by atomic mass is 10.2. The van der Waals surface area contributed by atoms with Crippen molar-refractivity contribution in [1.29, 1.82) is 0 Å². The van der Waals surface area contributed by atoms with Gasteiger partial charge in [0.2, 0.25) is 5.91 Å². The summed E-state index contributed by atoms with van der Waals surface area (Å²) in [6.45, 7) is 2.90. The Kier molecular flexibility index (Phi) is 1.90. The monoisotopic (exact) mass is 171 g/mol. The standard InChI is InChI=1S/C9H17NO2/c1-7-3-2-6-10(7)9(11,12)8-4-5-8/h7-8,11-12H,2-6H2,1H3. The quantitative estimate of drug-likeness (QED) is 0.595. The minimum atomic E-state index is -1.50. The van der Waals surface area contributed by atoms with E-state index in [-0.39, 0.29) is 5.92 Å². The summed E-state index contributed by atoms with van der Waals surface area (Å²) in [5.41, 5.74) is 0. The van der Waals surface area contributed by atoms with E-state index >= 15 is 0 Å². The number of nitrogens with zero attached hydrogens (tertiary/aromatic N) is 1. The summed E-state index contributed by atoms with van der Waals surface area (Å²) in [5.74, 6) is -1.39. The van der Waals surface area contributed by atoms with Crippen LogP contribution in [-0.4, -0.2) is 33.6 Å². The highest BCUT2D eigenvalue weighted by atomic mass is 16.5. The number of hydrogen-bond donors (Lipinski definition) is 2. The smallest absolute Gasteiger partial charge is 0.228 e. The summed E-state index contributed by atoms with van der Waals surface area (Å²) in [7, 11) is 0.